The molecule has 418 valence electrons. The normalized spacial score (nSPS) is 17.3. The fourth-order valence-corrected chi connectivity index (χ4v) is 12.1. The lowest BCUT2D eigenvalue weighted by Crippen LogP contribution is -2.41. The highest BCUT2D eigenvalue weighted by molar-refractivity contribution is 6.63. The molecule has 0 aliphatic carbocycles. The summed E-state index contributed by atoms with van der Waals surface area (Å²) in [5.41, 5.74) is 4.31. The van der Waals surface area contributed by atoms with E-state index in [1.165, 1.54) is 6.07 Å². The zero-order valence-corrected chi connectivity index (χ0v) is 47.2. The van der Waals surface area contributed by atoms with E-state index in [2.05, 4.69) is 91.8 Å². The van der Waals surface area contributed by atoms with Crippen molar-refractivity contribution in [2.75, 3.05) is 0 Å². The molecule has 0 saturated carbocycles. The molecule has 1 aromatic heterocycles. The predicted molar refractivity (Wildman–Crippen MR) is 325 cm³/mol. The van der Waals surface area contributed by atoms with Crippen LogP contribution in [0.1, 0.15) is 92.8 Å². The number of carboxylic acids is 1. The monoisotopic (exact) mass is 1120 g/mol. The number of hydrogen-bond acceptors (Lipinski definition) is 13. The van der Waals surface area contributed by atoms with Gasteiger partial charge in [-0.3, -0.25) is 15.3 Å². The van der Waals surface area contributed by atoms with Gasteiger partial charge >= 0.3 is 26.2 Å². The number of ether oxygens (including phenoxy) is 2. The lowest BCUT2D eigenvalue weighted by atomic mass is 9.74. The van der Waals surface area contributed by atoms with Crippen LogP contribution in [0.5, 0.6) is 17.2 Å². The van der Waals surface area contributed by atoms with Crippen LogP contribution in [0.15, 0.2) is 179 Å². The highest BCUT2D eigenvalue weighted by Gasteiger charge is 2.56. The molecule has 0 amide bonds. The molecule has 0 radical (unpaired) electrons. The molecule has 16 heteroatoms. The molecule has 0 atom stereocenters. The van der Waals surface area contributed by atoms with Gasteiger partial charge in [-0.1, -0.05) is 97.1 Å². The standard InChI is InChI=1S/C40H38B2O7.C28H16O5.H2O2/c1-36(2)37(3,4)47-41(46-36)25-15-17-27-23(21-25)13-19-31-33(27)44-34-28-18-16-26(42-48-38(5,6)39(7,8)49-42)22-24(28)14-20-32(34)40(31)30-12-10-9-11-29(30)35(43)45-40;29-17-7-11-19-15(13-17)5-9-23-25(21-3-1-2-4-22(21)28(31)32)24-10-6-16-14-18(30)8-12-20(16)27(24)33-26(19)23;1-2/h9-22H,1-8H3;1-14,29H,(H,31,32);1-2H. The van der Waals surface area contributed by atoms with Gasteiger partial charge in [0.25, 0.3) is 0 Å². The van der Waals surface area contributed by atoms with E-state index >= 15 is 0 Å². The largest absolute Gasteiger partial charge is 0.508 e. The maximum Gasteiger partial charge on any atom is 0.494 e. The third kappa shape index (κ3) is 8.30. The predicted octanol–water partition coefficient (Wildman–Crippen LogP) is 13.5. The molecular weight excluding hydrogens is 1060 g/mol. The first-order valence-electron chi connectivity index (χ1n) is 27.6. The van der Waals surface area contributed by atoms with Crippen LogP contribution in [-0.2, 0) is 29.0 Å². The fraction of sp³-hybridized carbons (Fsp3) is 0.191. The summed E-state index contributed by atoms with van der Waals surface area (Å²) >= 11 is 0. The van der Waals surface area contributed by atoms with Gasteiger partial charge in [0.15, 0.2) is 11.0 Å². The van der Waals surface area contributed by atoms with E-state index < -0.39 is 48.2 Å². The van der Waals surface area contributed by atoms with Crippen molar-refractivity contribution in [3.63, 3.8) is 0 Å². The van der Waals surface area contributed by atoms with Crippen molar-refractivity contribution in [3.8, 4) is 28.4 Å². The van der Waals surface area contributed by atoms with E-state index in [0.717, 1.165) is 87.0 Å². The van der Waals surface area contributed by atoms with Gasteiger partial charge in [-0.25, -0.2) is 9.59 Å². The third-order valence-electron chi connectivity index (χ3n) is 17.8. The van der Waals surface area contributed by atoms with Gasteiger partial charge in [-0.2, -0.15) is 0 Å². The van der Waals surface area contributed by atoms with E-state index in [4.69, 9.17) is 43.0 Å². The molecule has 15 rings (SSSR count). The van der Waals surface area contributed by atoms with Crippen LogP contribution in [0.4, 0.5) is 0 Å². The summed E-state index contributed by atoms with van der Waals surface area (Å²) in [6.45, 7) is 16.4. The van der Waals surface area contributed by atoms with E-state index in [1.54, 1.807) is 48.5 Å². The molecule has 10 aromatic carbocycles. The quantitative estimate of drug-likeness (QED) is 0.0324. The Morgan fingerprint density at radius 1 is 0.452 bits per heavy atom. The van der Waals surface area contributed by atoms with Gasteiger partial charge in [0.2, 0.25) is 0 Å². The highest BCUT2D eigenvalue weighted by Crippen LogP contribution is 2.59. The van der Waals surface area contributed by atoms with Crippen molar-refractivity contribution < 1.29 is 62.8 Å². The number of carboxylic acid groups (broad SMARTS) is 1. The highest BCUT2D eigenvalue weighted by atomic mass is 17.0. The molecule has 4 aliphatic rings. The Kier molecular flexibility index (Phi) is 12.5. The summed E-state index contributed by atoms with van der Waals surface area (Å²) in [5.74, 6) is 0.0690. The number of phenols is 1. The minimum atomic E-state index is -1.19. The average molecular weight is 1120 g/mol. The molecule has 2 fully saturated rings. The summed E-state index contributed by atoms with van der Waals surface area (Å²) in [7, 11) is -0.994. The number of carbonyl (C=O) groups excluding carboxylic acids is 1. The minimum Gasteiger partial charge on any atom is -0.508 e. The minimum absolute atomic E-state index is 0.0972. The Morgan fingerprint density at radius 3 is 1.43 bits per heavy atom. The Balaban J connectivity index is 0.000000164. The van der Waals surface area contributed by atoms with Gasteiger partial charge in [0.1, 0.15) is 28.4 Å². The van der Waals surface area contributed by atoms with E-state index in [1.807, 2.05) is 78.9 Å². The number of fused-ring (bicyclic) bond motifs is 16. The summed E-state index contributed by atoms with van der Waals surface area (Å²) in [6.07, 6.45) is 0. The smallest absolute Gasteiger partial charge is 0.494 e. The lowest BCUT2D eigenvalue weighted by molar-refractivity contribution is -0.176. The fourth-order valence-electron chi connectivity index (χ4n) is 12.1. The molecular formula is C68H56B2O14. The van der Waals surface area contributed by atoms with Crippen LogP contribution in [0.2, 0.25) is 0 Å². The molecule has 5 heterocycles. The Hall–Kier alpha value is -8.86. The molecule has 1 spiro atoms. The maximum absolute atomic E-state index is 13.6. The van der Waals surface area contributed by atoms with Crippen molar-refractivity contribution in [1.82, 2.24) is 0 Å². The number of benzene rings is 10. The zero-order chi connectivity index (χ0) is 59.0. The second-order valence-corrected chi connectivity index (χ2v) is 23.7. The number of phenolic OH excluding ortho intramolecular Hbond substituents is 1. The Labute approximate surface area is 482 Å². The number of hydrogen-bond donors (Lipinski definition) is 4. The summed E-state index contributed by atoms with van der Waals surface area (Å²) in [5, 5.41) is 40.2. The number of esters is 1. The number of rotatable bonds is 4. The second-order valence-electron chi connectivity index (χ2n) is 23.7. The van der Waals surface area contributed by atoms with Crippen molar-refractivity contribution in [2.24, 2.45) is 0 Å². The van der Waals surface area contributed by atoms with E-state index in [9.17, 15) is 24.6 Å². The van der Waals surface area contributed by atoms with E-state index in [-0.39, 0.29) is 22.7 Å². The van der Waals surface area contributed by atoms with Crippen LogP contribution in [-0.4, -0.2) is 69.3 Å². The summed E-state index contributed by atoms with van der Waals surface area (Å²) in [4.78, 5) is 37.6. The van der Waals surface area contributed by atoms with Crippen LogP contribution in [0, 0.1) is 0 Å². The van der Waals surface area contributed by atoms with Gasteiger partial charge in [-0.05, 0) is 166 Å². The zero-order valence-electron chi connectivity index (χ0n) is 47.2. The summed E-state index contributed by atoms with van der Waals surface area (Å²) in [6, 6.07) is 52.4. The van der Waals surface area contributed by atoms with Crippen molar-refractivity contribution in [1.29, 1.82) is 0 Å². The van der Waals surface area contributed by atoms with Crippen LogP contribution in [0.25, 0.3) is 76.2 Å². The number of carbonyl (C=O) groups is 2. The molecule has 11 aromatic rings. The third-order valence-corrected chi connectivity index (χ3v) is 17.8. The number of aromatic carboxylic acids is 1. The topological polar surface area (TPSA) is 201 Å². The SMILES string of the molecule is CC1(C)OB(c2ccc3c4c(ccc3c2)C2(OC(=O)c3ccccc32)c2ccc3cc(B5OC(C)(C)C(C)(C)O5)ccc3c2O4)OC1(C)C.O=C(O)c1ccccc1-c1c2ccc3cc(O)ccc3c2oc2c1ccc1cc(=O)ccc12.OO. The molecule has 4 aliphatic heterocycles. The number of aromatic hydroxyl groups is 1. The van der Waals surface area contributed by atoms with E-state index in [0.29, 0.717) is 33.8 Å². The lowest BCUT2D eigenvalue weighted by Gasteiger charge is -2.37. The first-order chi connectivity index (χ1) is 40.1. The molecule has 0 bridgehead atoms. The summed E-state index contributed by atoms with van der Waals surface area (Å²) < 4.78 is 45.5. The maximum atomic E-state index is 13.6. The second kappa shape index (κ2) is 19.4. The van der Waals surface area contributed by atoms with Crippen molar-refractivity contribution in [3.05, 3.63) is 208 Å². The molecule has 84 heavy (non-hydrogen) atoms. The van der Waals surface area contributed by atoms with Crippen LogP contribution in [0.3, 0.4) is 0 Å². The first-order valence-corrected chi connectivity index (χ1v) is 27.6. The van der Waals surface area contributed by atoms with Gasteiger partial charge in [0, 0.05) is 54.6 Å². The van der Waals surface area contributed by atoms with Gasteiger partial charge in [0.05, 0.1) is 33.5 Å². The molecule has 4 N–H and O–H groups in total. The molecule has 14 nitrogen and oxygen atoms in total. The average Bonchev–Trinajstić information content (AvgIpc) is 1.66. The van der Waals surface area contributed by atoms with Crippen LogP contribution >= 0.6 is 0 Å². The Morgan fingerprint density at radius 2 is 0.893 bits per heavy atom. The van der Waals surface area contributed by atoms with Crippen molar-refractivity contribution >= 4 is 102 Å². The first kappa shape index (κ1) is 54.4. The Bertz CT molecular complexity index is 4520. The molecule has 2 saturated heterocycles. The van der Waals surface area contributed by atoms with Crippen LogP contribution < -0.4 is 21.1 Å². The molecule has 0 unspecified atom stereocenters. The van der Waals surface area contributed by atoms with Gasteiger partial charge < -0.3 is 42.7 Å². The van der Waals surface area contributed by atoms with Gasteiger partial charge in [-0.15, -0.1) is 0 Å². The van der Waals surface area contributed by atoms with Crippen molar-refractivity contribution in [2.45, 2.75) is 83.4 Å².